The van der Waals surface area contributed by atoms with Gasteiger partial charge in [-0.15, -0.1) is 10.2 Å². The van der Waals surface area contributed by atoms with Gasteiger partial charge in [-0.3, -0.25) is 4.79 Å². The van der Waals surface area contributed by atoms with E-state index in [0.717, 1.165) is 41.0 Å². The summed E-state index contributed by atoms with van der Waals surface area (Å²) in [6.07, 6.45) is 2.48. The largest absolute Gasteiger partial charge is 0.376 e. The van der Waals surface area contributed by atoms with E-state index in [1.807, 2.05) is 49.1 Å². The van der Waals surface area contributed by atoms with Gasteiger partial charge in [-0.2, -0.15) is 0 Å². The van der Waals surface area contributed by atoms with Crippen LogP contribution in [0.1, 0.15) is 32.3 Å². The van der Waals surface area contributed by atoms with Gasteiger partial charge in [0.1, 0.15) is 0 Å². The number of nitrogens with zero attached hydrogens (tertiary/aromatic N) is 3. The number of nitrogens with one attached hydrogen (secondary N) is 1. The van der Waals surface area contributed by atoms with E-state index < -0.39 is 0 Å². The Bertz CT molecular complexity index is 720. The minimum Gasteiger partial charge on any atom is -0.376 e. The molecule has 2 aromatic rings. The van der Waals surface area contributed by atoms with Gasteiger partial charge in [-0.25, -0.2) is 0 Å². The van der Waals surface area contributed by atoms with Crippen molar-refractivity contribution in [2.45, 2.75) is 48.9 Å². The number of hydrogen-bond acceptors (Lipinski definition) is 7. The molecule has 1 aromatic heterocycles. The third kappa shape index (κ3) is 5.92. The molecular formula is C19H26N4O2S2. The van der Waals surface area contributed by atoms with Crippen LogP contribution in [-0.2, 0) is 16.1 Å². The third-order valence-electron chi connectivity index (χ3n) is 4.45. The standard InChI is InChI=1S/C19H26N4O2S2/c1-3-23(13-15-8-5-4-6-9-15)17(24)14(2)26-19-22-21-18(27-19)20-12-16-10-7-11-25-16/h4-6,8-9,14,16H,3,7,10-13H2,1-2H3,(H,20,21). The van der Waals surface area contributed by atoms with Crippen LogP contribution in [0.25, 0.3) is 0 Å². The minimum absolute atomic E-state index is 0.121. The highest BCUT2D eigenvalue weighted by atomic mass is 32.2. The van der Waals surface area contributed by atoms with Crippen LogP contribution >= 0.6 is 23.1 Å². The van der Waals surface area contributed by atoms with Gasteiger partial charge in [0.25, 0.3) is 0 Å². The molecule has 0 bridgehead atoms. The fourth-order valence-electron chi connectivity index (χ4n) is 2.94. The van der Waals surface area contributed by atoms with Crippen molar-refractivity contribution in [3.8, 4) is 0 Å². The summed E-state index contributed by atoms with van der Waals surface area (Å²) < 4.78 is 6.41. The molecular weight excluding hydrogens is 380 g/mol. The number of carbonyl (C=O) groups is 1. The molecule has 1 saturated heterocycles. The molecule has 0 radical (unpaired) electrons. The molecule has 146 valence electrons. The van der Waals surface area contributed by atoms with E-state index in [-0.39, 0.29) is 17.3 Å². The quantitative estimate of drug-likeness (QED) is 0.641. The van der Waals surface area contributed by atoms with Crippen LogP contribution in [0.4, 0.5) is 5.13 Å². The maximum Gasteiger partial charge on any atom is 0.236 e. The summed E-state index contributed by atoms with van der Waals surface area (Å²) in [7, 11) is 0. The fraction of sp³-hybridized carbons (Fsp3) is 0.526. The molecule has 1 fully saturated rings. The Balaban J connectivity index is 1.50. The number of rotatable bonds is 9. The van der Waals surface area contributed by atoms with Crippen LogP contribution in [0.15, 0.2) is 34.7 Å². The molecule has 2 heterocycles. The number of aromatic nitrogens is 2. The lowest BCUT2D eigenvalue weighted by Gasteiger charge is -2.23. The zero-order chi connectivity index (χ0) is 19.1. The van der Waals surface area contributed by atoms with Gasteiger partial charge in [-0.05, 0) is 32.3 Å². The SMILES string of the molecule is CCN(Cc1ccccc1)C(=O)C(C)Sc1nnc(NCC2CCCO2)s1. The average Bonchev–Trinajstić information content (AvgIpc) is 3.36. The number of ether oxygens (including phenoxy) is 1. The third-order valence-corrected chi connectivity index (χ3v) is 6.50. The van der Waals surface area contributed by atoms with Gasteiger partial charge in [0, 0.05) is 26.2 Å². The highest BCUT2D eigenvalue weighted by molar-refractivity contribution is 8.02. The van der Waals surface area contributed by atoms with Crippen LogP contribution < -0.4 is 5.32 Å². The molecule has 27 heavy (non-hydrogen) atoms. The van der Waals surface area contributed by atoms with Crippen LogP contribution in [0.2, 0.25) is 0 Å². The smallest absolute Gasteiger partial charge is 0.236 e. The molecule has 0 saturated carbocycles. The maximum atomic E-state index is 12.8. The molecule has 2 unspecified atom stereocenters. The summed E-state index contributed by atoms with van der Waals surface area (Å²) in [5.74, 6) is 0.121. The number of hydrogen-bond donors (Lipinski definition) is 1. The Morgan fingerprint density at radius 2 is 2.22 bits per heavy atom. The summed E-state index contributed by atoms with van der Waals surface area (Å²) in [4.78, 5) is 14.7. The highest BCUT2D eigenvalue weighted by Gasteiger charge is 2.22. The van der Waals surface area contributed by atoms with E-state index in [4.69, 9.17) is 4.74 Å². The van der Waals surface area contributed by atoms with E-state index in [1.54, 1.807) is 0 Å². The van der Waals surface area contributed by atoms with E-state index in [2.05, 4.69) is 15.5 Å². The molecule has 8 heteroatoms. The van der Waals surface area contributed by atoms with E-state index >= 15 is 0 Å². The van der Waals surface area contributed by atoms with E-state index in [1.165, 1.54) is 23.1 Å². The molecule has 1 aliphatic rings. The second kappa shape index (κ2) is 10.1. The molecule has 1 amide bonds. The Morgan fingerprint density at radius 1 is 1.41 bits per heavy atom. The lowest BCUT2D eigenvalue weighted by molar-refractivity contribution is -0.130. The van der Waals surface area contributed by atoms with Gasteiger partial charge in [0.2, 0.25) is 11.0 Å². The van der Waals surface area contributed by atoms with Crippen molar-refractivity contribution in [1.29, 1.82) is 0 Å². The van der Waals surface area contributed by atoms with Crippen LogP contribution in [-0.4, -0.2) is 52.1 Å². The first-order valence-corrected chi connectivity index (χ1v) is 11.0. The van der Waals surface area contributed by atoms with Crippen molar-refractivity contribution in [2.75, 3.05) is 25.0 Å². The predicted octanol–water partition coefficient (Wildman–Crippen LogP) is 3.66. The number of amides is 1. The summed E-state index contributed by atoms with van der Waals surface area (Å²) in [5, 5.41) is 12.3. The number of thioether (sulfide) groups is 1. The van der Waals surface area contributed by atoms with Crippen LogP contribution in [0.5, 0.6) is 0 Å². The summed E-state index contributed by atoms with van der Waals surface area (Å²) in [5.41, 5.74) is 1.14. The second-order valence-corrected chi connectivity index (χ2v) is 9.05. The number of carbonyl (C=O) groups excluding carboxylic acids is 1. The normalized spacial score (nSPS) is 17.6. The summed E-state index contributed by atoms with van der Waals surface area (Å²) >= 11 is 2.96. The fourth-order valence-corrected chi connectivity index (χ4v) is 4.93. The van der Waals surface area contributed by atoms with Crippen molar-refractivity contribution in [3.05, 3.63) is 35.9 Å². The summed E-state index contributed by atoms with van der Waals surface area (Å²) in [6, 6.07) is 10.1. The Labute approximate surface area is 168 Å². The Kier molecular flexibility index (Phi) is 7.49. The average molecular weight is 407 g/mol. The van der Waals surface area contributed by atoms with Gasteiger partial charge in [0.15, 0.2) is 4.34 Å². The Hall–Kier alpha value is -1.64. The molecule has 1 N–H and O–H groups in total. The van der Waals surface area contributed by atoms with Crippen molar-refractivity contribution in [1.82, 2.24) is 15.1 Å². The second-order valence-electron chi connectivity index (χ2n) is 6.49. The van der Waals surface area contributed by atoms with Gasteiger partial charge < -0.3 is 15.0 Å². The van der Waals surface area contributed by atoms with Crippen molar-refractivity contribution in [3.63, 3.8) is 0 Å². The molecule has 0 spiro atoms. The summed E-state index contributed by atoms with van der Waals surface area (Å²) in [6.45, 7) is 6.86. The predicted molar refractivity (Wildman–Crippen MR) is 110 cm³/mol. The molecule has 1 aliphatic heterocycles. The highest BCUT2D eigenvalue weighted by Crippen LogP contribution is 2.30. The van der Waals surface area contributed by atoms with E-state index in [9.17, 15) is 4.79 Å². The monoisotopic (exact) mass is 406 g/mol. The zero-order valence-corrected chi connectivity index (χ0v) is 17.4. The van der Waals surface area contributed by atoms with Crippen molar-refractivity contribution in [2.24, 2.45) is 0 Å². The molecule has 3 rings (SSSR count). The van der Waals surface area contributed by atoms with Crippen LogP contribution in [0, 0.1) is 0 Å². The van der Waals surface area contributed by atoms with Gasteiger partial charge >= 0.3 is 0 Å². The lowest BCUT2D eigenvalue weighted by Crippen LogP contribution is -2.35. The van der Waals surface area contributed by atoms with Crippen molar-refractivity contribution < 1.29 is 9.53 Å². The Morgan fingerprint density at radius 3 is 2.93 bits per heavy atom. The molecule has 6 nitrogen and oxygen atoms in total. The van der Waals surface area contributed by atoms with Crippen molar-refractivity contribution >= 4 is 34.1 Å². The zero-order valence-electron chi connectivity index (χ0n) is 15.8. The molecule has 1 aromatic carbocycles. The first-order chi connectivity index (χ1) is 13.2. The lowest BCUT2D eigenvalue weighted by atomic mass is 10.2. The van der Waals surface area contributed by atoms with Gasteiger partial charge in [-0.1, -0.05) is 53.4 Å². The topological polar surface area (TPSA) is 67.4 Å². The molecule has 2 atom stereocenters. The first kappa shape index (κ1) is 20.1. The van der Waals surface area contributed by atoms with Crippen LogP contribution in [0.3, 0.4) is 0 Å². The maximum absolute atomic E-state index is 12.8. The molecule has 0 aliphatic carbocycles. The first-order valence-electron chi connectivity index (χ1n) is 9.34. The van der Waals surface area contributed by atoms with Gasteiger partial charge in [0.05, 0.1) is 11.4 Å². The minimum atomic E-state index is -0.201. The number of anilines is 1. The number of benzene rings is 1. The van der Waals surface area contributed by atoms with E-state index in [0.29, 0.717) is 13.1 Å².